The third-order valence-electron chi connectivity index (χ3n) is 4.89. The Kier molecular flexibility index (Phi) is 7.49. The first-order valence-electron chi connectivity index (χ1n) is 10.2. The van der Waals surface area contributed by atoms with Gasteiger partial charge in [0, 0.05) is 12.1 Å². The van der Waals surface area contributed by atoms with Crippen molar-refractivity contribution in [2.45, 2.75) is 39.0 Å². The van der Waals surface area contributed by atoms with E-state index in [-0.39, 0.29) is 11.3 Å². The lowest BCUT2D eigenvalue weighted by atomic mass is 10.0. The minimum absolute atomic E-state index is 0.189. The number of hydrogen-bond donors (Lipinski definition) is 0. The van der Waals surface area contributed by atoms with Crippen LogP contribution in [0.1, 0.15) is 46.5 Å². The number of aliphatic imine (C=N–C) groups is 1. The van der Waals surface area contributed by atoms with Crippen molar-refractivity contribution < 1.29 is 19.1 Å². The van der Waals surface area contributed by atoms with Gasteiger partial charge in [-0.25, -0.2) is 4.79 Å². The van der Waals surface area contributed by atoms with Crippen molar-refractivity contribution in [3.63, 3.8) is 0 Å². The summed E-state index contributed by atoms with van der Waals surface area (Å²) in [7, 11) is 1.29. The van der Waals surface area contributed by atoms with Crippen molar-refractivity contribution in [3.8, 4) is 5.75 Å². The van der Waals surface area contributed by atoms with Crippen molar-refractivity contribution in [2.24, 2.45) is 4.99 Å². The fourth-order valence-corrected chi connectivity index (χ4v) is 2.93. The van der Waals surface area contributed by atoms with Gasteiger partial charge in [0.05, 0.1) is 18.9 Å². The first kappa shape index (κ1) is 22.9. The number of hydrogen-bond acceptors (Lipinski definition) is 7. The third kappa shape index (κ3) is 6.34. The van der Waals surface area contributed by atoms with Crippen LogP contribution in [0.25, 0.3) is 0 Å². The number of carbonyl (C=O) groups is 2. The highest BCUT2D eigenvalue weighted by molar-refractivity contribution is 6.35. The van der Waals surface area contributed by atoms with Crippen molar-refractivity contribution in [1.29, 1.82) is 0 Å². The van der Waals surface area contributed by atoms with Crippen molar-refractivity contribution >= 4 is 18.0 Å². The molecule has 8 nitrogen and oxygen atoms in total. The standard InChI is InChI=1S/C24H26N4O4/c1-24(2,11-12-28-16-26-27-17-28)25-14-21(29)19-9-10-22(20(13-19)23(30)31-3)32-15-18-7-5-4-6-8-18/h4-10,13-14,16-17H,11-12,15H2,1-3H3. The Balaban J connectivity index is 1.71. The minimum atomic E-state index is -0.575. The smallest absolute Gasteiger partial charge is 0.341 e. The minimum Gasteiger partial charge on any atom is -0.488 e. The van der Waals surface area contributed by atoms with E-state index in [0.29, 0.717) is 30.9 Å². The van der Waals surface area contributed by atoms with Gasteiger partial charge in [-0.3, -0.25) is 9.79 Å². The third-order valence-corrected chi connectivity index (χ3v) is 4.89. The number of aromatic nitrogens is 3. The van der Waals surface area contributed by atoms with Crippen LogP contribution in [0.2, 0.25) is 0 Å². The summed E-state index contributed by atoms with van der Waals surface area (Å²) in [5, 5.41) is 7.55. The van der Waals surface area contributed by atoms with Crippen LogP contribution in [-0.4, -0.2) is 45.4 Å². The molecule has 0 amide bonds. The average molecular weight is 434 g/mol. The topological polar surface area (TPSA) is 95.7 Å². The Hall–Kier alpha value is -3.81. The Morgan fingerprint density at radius 1 is 1.09 bits per heavy atom. The molecule has 3 aromatic rings. The fourth-order valence-electron chi connectivity index (χ4n) is 2.93. The quantitative estimate of drug-likeness (QED) is 0.274. The summed E-state index contributed by atoms with van der Waals surface area (Å²) in [5.41, 5.74) is 1.03. The number of ketones is 1. The van der Waals surface area contributed by atoms with Gasteiger partial charge in [0.15, 0.2) is 0 Å². The summed E-state index contributed by atoms with van der Waals surface area (Å²) in [6.45, 7) is 4.87. The number of methoxy groups -OCH3 is 1. The molecule has 0 aliphatic rings. The number of Topliss-reactive ketones (excluding diaryl/α,β-unsaturated/α-hetero) is 1. The summed E-state index contributed by atoms with van der Waals surface area (Å²) in [4.78, 5) is 29.4. The number of nitrogens with zero attached hydrogens (tertiary/aromatic N) is 4. The van der Waals surface area contributed by atoms with Crippen molar-refractivity contribution in [1.82, 2.24) is 14.8 Å². The van der Waals surface area contributed by atoms with E-state index in [1.54, 1.807) is 24.8 Å². The Labute approximate surface area is 186 Å². The predicted octanol–water partition coefficient (Wildman–Crippen LogP) is 3.77. The van der Waals surface area contributed by atoms with E-state index in [0.717, 1.165) is 5.56 Å². The number of ether oxygens (including phenoxy) is 2. The zero-order valence-corrected chi connectivity index (χ0v) is 18.4. The summed E-state index contributed by atoms with van der Waals surface area (Å²) in [6, 6.07) is 14.3. The highest BCUT2D eigenvalue weighted by atomic mass is 16.5. The molecule has 166 valence electrons. The van der Waals surface area contributed by atoms with Crippen LogP contribution in [0, 0.1) is 0 Å². The lowest BCUT2D eigenvalue weighted by Crippen LogP contribution is -2.20. The second-order valence-corrected chi connectivity index (χ2v) is 7.86. The molecule has 0 atom stereocenters. The largest absolute Gasteiger partial charge is 0.488 e. The van der Waals surface area contributed by atoms with E-state index >= 15 is 0 Å². The van der Waals surface area contributed by atoms with Crippen LogP contribution in [0.4, 0.5) is 0 Å². The molecular weight excluding hydrogens is 408 g/mol. The van der Waals surface area contributed by atoms with Gasteiger partial charge >= 0.3 is 5.97 Å². The molecule has 1 heterocycles. The van der Waals surface area contributed by atoms with Gasteiger partial charge in [0.2, 0.25) is 5.78 Å². The predicted molar refractivity (Wildman–Crippen MR) is 120 cm³/mol. The molecule has 0 spiro atoms. The second kappa shape index (κ2) is 10.5. The fraction of sp³-hybridized carbons (Fsp3) is 0.292. The average Bonchev–Trinajstić information content (AvgIpc) is 3.34. The Morgan fingerprint density at radius 3 is 2.50 bits per heavy atom. The van der Waals surface area contributed by atoms with Crippen LogP contribution < -0.4 is 4.74 Å². The van der Waals surface area contributed by atoms with E-state index in [4.69, 9.17) is 9.47 Å². The maximum absolute atomic E-state index is 12.7. The molecule has 0 radical (unpaired) electrons. The van der Waals surface area contributed by atoms with Gasteiger partial charge in [-0.15, -0.1) is 10.2 Å². The van der Waals surface area contributed by atoms with E-state index < -0.39 is 11.5 Å². The molecule has 2 aromatic carbocycles. The second-order valence-electron chi connectivity index (χ2n) is 7.86. The van der Waals surface area contributed by atoms with Gasteiger partial charge in [-0.2, -0.15) is 0 Å². The lowest BCUT2D eigenvalue weighted by Gasteiger charge is -2.19. The normalized spacial score (nSPS) is 11.5. The molecule has 0 unspecified atom stereocenters. The Morgan fingerprint density at radius 2 is 1.81 bits per heavy atom. The molecule has 0 saturated carbocycles. The van der Waals surface area contributed by atoms with Crippen LogP contribution in [0.5, 0.6) is 5.75 Å². The lowest BCUT2D eigenvalue weighted by molar-refractivity contribution is 0.0595. The molecule has 0 saturated heterocycles. The first-order valence-corrected chi connectivity index (χ1v) is 10.2. The number of rotatable bonds is 10. The SMILES string of the molecule is COC(=O)c1cc(C(=O)C=NC(C)(C)CCn2cnnc2)ccc1OCc1ccccc1. The van der Waals surface area contributed by atoms with Crippen molar-refractivity contribution in [2.75, 3.05) is 7.11 Å². The van der Waals surface area contributed by atoms with Gasteiger partial charge < -0.3 is 14.0 Å². The number of aryl methyl sites for hydroxylation is 1. The monoisotopic (exact) mass is 434 g/mol. The van der Waals surface area contributed by atoms with E-state index in [1.165, 1.54) is 19.4 Å². The highest BCUT2D eigenvalue weighted by Crippen LogP contribution is 2.23. The highest BCUT2D eigenvalue weighted by Gasteiger charge is 2.19. The van der Waals surface area contributed by atoms with Crippen LogP contribution in [-0.2, 0) is 17.9 Å². The maximum Gasteiger partial charge on any atom is 0.341 e. The molecule has 3 rings (SSSR count). The zero-order chi connectivity index (χ0) is 23.0. The Bertz CT molecular complexity index is 1080. The molecule has 1 aromatic heterocycles. The first-order chi connectivity index (χ1) is 15.4. The van der Waals surface area contributed by atoms with Crippen LogP contribution in [0.15, 0.2) is 66.2 Å². The number of esters is 1. The van der Waals surface area contributed by atoms with Gasteiger partial charge in [0.1, 0.15) is 30.6 Å². The molecule has 0 N–H and O–H groups in total. The molecule has 0 aliphatic heterocycles. The van der Waals surface area contributed by atoms with Crippen LogP contribution >= 0.6 is 0 Å². The van der Waals surface area contributed by atoms with E-state index in [9.17, 15) is 9.59 Å². The molecular formula is C24H26N4O4. The molecule has 32 heavy (non-hydrogen) atoms. The molecule has 0 aliphatic carbocycles. The summed E-state index contributed by atoms with van der Waals surface area (Å²) < 4.78 is 12.5. The summed E-state index contributed by atoms with van der Waals surface area (Å²) in [6.07, 6.45) is 5.28. The van der Waals surface area contributed by atoms with Crippen LogP contribution in [0.3, 0.4) is 0 Å². The molecule has 0 fully saturated rings. The summed E-state index contributed by atoms with van der Waals surface area (Å²) >= 11 is 0. The van der Waals surface area contributed by atoms with Gasteiger partial charge in [0.25, 0.3) is 0 Å². The maximum atomic E-state index is 12.7. The number of benzene rings is 2. The van der Waals surface area contributed by atoms with Gasteiger partial charge in [-0.05, 0) is 44.0 Å². The zero-order valence-electron chi connectivity index (χ0n) is 18.4. The number of carbonyl (C=O) groups excluding carboxylic acids is 2. The molecule has 8 heteroatoms. The summed E-state index contributed by atoms with van der Waals surface area (Å²) in [5.74, 6) is -0.528. The van der Waals surface area contributed by atoms with E-state index in [2.05, 4.69) is 15.2 Å². The molecule has 0 bridgehead atoms. The van der Waals surface area contributed by atoms with Gasteiger partial charge in [-0.1, -0.05) is 30.3 Å². The van der Waals surface area contributed by atoms with E-state index in [1.807, 2.05) is 48.7 Å². The van der Waals surface area contributed by atoms with Crippen molar-refractivity contribution in [3.05, 3.63) is 77.9 Å².